The fraction of sp³-hybridized carbons (Fsp3) is 0.462. The van der Waals surface area contributed by atoms with Crippen molar-refractivity contribution >= 4 is 11.8 Å². The number of nitrogens with zero attached hydrogens (tertiary/aromatic N) is 1. The Hall–Kier alpha value is -3.16. The zero-order chi connectivity index (χ0) is 24.2. The second-order valence-electron chi connectivity index (χ2n) is 9.20. The van der Waals surface area contributed by atoms with E-state index in [-0.39, 0.29) is 30.9 Å². The summed E-state index contributed by atoms with van der Waals surface area (Å²) in [6.07, 6.45) is 5.20. The van der Waals surface area contributed by atoms with Crippen LogP contribution in [-0.4, -0.2) is 43.0 Å². The van der Waals surface area contributed by atoms with Crippen LogP contribution in [0, 0.1) is 17.6 Å². The van der Waals surface area contributed by atoms with E-state index in [2.05, 4.69) is 0 Å². The van der Waals surface area contributed by atoms with Gasteiger partial charge in [-0.3, -0.25) is 9.59 Å². The molecule has 2 amide bonds. The van der Waals surface area contributed by atoms with Gasteiger partial charge in [-0.2, -0.15) is 0 Å². The topological polar surface area (TPSA) is 81.9 Å². The number of benzene rings is 2. The molecule has 1 saturated carbocycles. The Morgan fingerprint density at radius 1 is 1.09 bits per heavy atom. The standard InChI is InChI=1S/C26H30F2N2O4/c1-33-23-9-7-17(13-24(23)34-20-4-2-3-5-20)19-12-18(26(32)30(14-19)15-25(29)31)10-16-6-8-21(27)22(28)11-16/h6-9,11,13,18-20H,2-5,10,12,14-15H2,1H3,(H2,29,31)/t18-,19+/m0/s1. The molecule has 2 fully saturated rings. The summed E-state index contributed by atoms with van der Waals surface area (Å²) < 4.78 is 38.8. The fourth-order valence-corrected chi connectivity index (χ4v) is 5.05. The lowest BCUT2D eigenvalue weighted by Gasteiger charge is -2.37. The van der Waals surface area contributed by atoms with E-state index in [0.717, 1.165) is 43.4 Å². The summed E-state index contributed by atoms with van der Waals surface area (Å²) in [6.45, 7) is 0.149. The second-order valence-corrected chi connectivity index (χ2v) is 9.20. The summed E-state index contributed by atoms with van der Waals surface area (Å²) in [5, 5.41) is 0. The van der Waals surface area contributed by atoms with E-state index in [1.165, 1.54) is 11.0 Å². The van der Waals surface area contributed by atoms with E-state index in [1.54, 1.807) is 7.11 Å². The van der Waals surface area contributed by atoms with Gasteiger partial charge in [0, 0.05) is 18.4 Å². The summed E-state index contributed by atoms with van der Waals surface area (Å²) >= 11 is 0. The number of primary amides is 1. The molecule has 2 aliphatic rings. The summed E-state index contributed by atoms with van der Waals surface area (Å²) in [4.78, 5) is 26.2. The number of rotatable bonds is 8. The third kappa shape index (κ3) is 5.48. The lowest BCUT2D eigenvalue weighted by Crippen LogP contribution is -2.48. The highest BCUT2D eigenvalue weighted by Gasteiger charge is 2.36. The van der Waals surface area contributed by atoms with Crippen LogP contribution < -0.4 is 15.2 Å². The minimum absolute atomic E-state index is 0.0795. The summed E-state index contributed by atoms with van der Waals surface area (Å²) in [6, 6.07) is 9.42. The van der Waals surface area contributed by atoms with Gasteiger partial charge < -0.3 is 20.1 Å². The Kier molecular flexibility index (Phi) is 7.34. The molecular weight excluding hydrogens is 442 g/mol. The SMILES string of the molecule is COc1ccc([C@@H]2C[C@H](Cc3ccc(F)c(F)c3)C(=O)N(CC(N)=O)C2)cc1OC1CCCC1. The van der Waals surface area contributed by atoms with Crippen LogP contribution in [0.15, 0.2) is 36.4 Å². The number of carbonyl (C=O) groups is 2. The van der Waals surface area contributed by atoms with E-state index < -0.39 is 23.5 Å². The molecule has 4 rings (SSSR count). The molecule has 2 N–H and O–H groups in total. The summed E-state index contributed by atoms with van der Waals surface area (Å²) in [7, 11) is 1.60. The van der Waals surface area contributed by atoms with Crippen LogP contribution in [0.25, 0.3) is 0 Å². The molecule has 6 nitrogen and oxygen atoms in total. The van der Waals surface area contributed by atoms with Crippen molar-refractivity contribution in [2.75, 3.05) is 20.2 Å². The third-order valence-corrected chi connectivity index (χ3v) is 6.74. The molecule has 8 heteroatoms. The number of hydrogen-bond acceptors (Lipinski definition) is 4. The van der Waals surface area contributed by atoms with Crippen molar-refractivity contribution in [3.8, 4) is 11.5 Å². The molecule has 0 spiro atoms. The molecule has 0 radical (unpaired) electrons. The van der Waals surface area contributed by atoms with E-state index in [4.69, 9.17) is 15.2 Å². The molecule has 1 aliphatic heterocycles. The first kappa shape index (κ1) is 24.0. The average molecular weight is 473 g/mol. The number of methoxy groups -OCH3 is 1. The van der Waals surface area contributed by atoms with Gasteiger partial charge in [-0.05, 0) is 73.9 Å². The molecule has 0 bridgehead atoms. The predicted molar refractivity (Wildman–Crippen MR) is 123 cm³/mol. The van der Waals surface area contributed by atoms with Crippen molar-refractivity contribution in [1.29, 1.82) is 0 Å². The van der Waals surface area contributed by atoms with Gasteiger partial charge in [0.15, 0.2) is 23.1 Å². The summed E-state index contributed by atoms with van der Waals surface area (Å²) in [5.41, 5.74) is 6.89. The number of ether oxygens (including phenoxy) is 2. The molecule has 2 atom stereocenters. The van der Waals surface area contributed by atoms with Crippen molar-refractivity contribution in [1.82, 2.24) is 4.90 Å². The van der Waals surface area contributed by atoms with Crippen molar-refractivity contribution in [2.45, 2.75) is 50.5 Å². The maximum absolute atomic E-state index is 13.7. The normalized spacial score (nSPS) is 21.0. The summed E-state index contributed by atoms with van der Waals surface area (Å²) in [5.74, 6) is -1.95. The highest BCUT2D eigenvalue weighted by molar-refractivity contribution is 5.86. The number of likely N-dealkylation sites (tertiary alicyclic amines) is 1. The number of hydrogen-bond donors (Lipinski definition) is 1. The fourth-order valence-electron chi connectivity index (χ4n) is 5.05. The number of carbonyl (C=O) groups excluding carboxylic acids is 2. The van der Waals surface area contributed by atoms with Gasteiger partial charge in [0.05, 0.1) is 19.8 Å². The van der Waals surface area contributed by atoms with E-state index in [0.29, 0.717) is 30.0 Å². The molecular formula is C26H30F2N2O4. The molecule has 182 valence electrons. The number of piperidine rings is 1. The van der Waals surface area contributed by atoms with Crippen LogP contribution in [0.3, 0.4) is 0 Å². The smallest absolute Gasteiger partial charge is 0.237 e. The second kappa shape index (κ2) is 10.4. The van der Waals surface area contributed by atoms with Crippen LogP contribution >= 0.6 is 0 Å². The maximum atomic E-state index is 13.7. The Bertz CT molecular complexity index is 1060. The lowest BCUT2D eigenvalue weighted by atomic mass is 9.81. The van der Waals surface area contributed by atoms with Crippen molar-refractivity contribution in [2.24, 2.45) is 11.7 Å². The lowest BCUT2D eigenvalue weighted by molar-refractivity contribution is -0.142. The van der Waals surface area contributed by atoms with Crippen LogP contribution in [0.1, 0.15) is 49.1 Å². The first-order valence-corrected chi connectivity index (χ1v) is 11.7. The Morgan fingerprint density at radius 2 is 1.85 bits per heavy atom. The predicted octanol–water partition coefficient (Wildman–Crippen LogP) is 3.95. The van der Waals surface area contributed by atoms with Gasteiger partial charge >= 0.3 is 0 Å². The zero-order valence-electron chi connectivity index (χ0n) is 19.3. The van der Waals surface area contributed by atoms with Gasteiger partial charge in [0.1, 0.15) is 0 Å². The largest absolute Gasteiger partial charge is 0.493 e. The van der Waals surface area contributed by atoms with Gasteiger partial charge in [-0.1, -0.05) is 12.1 Å². The molecule has 34 heavy (non-hydrogen) atoms. The minimum atomic E-state index is -0.949. The molecule has 0 unspecified atom stereocenters. The molecule has 1 aliphatic carbocycles. The quantitative estimate of drug-likeness (QED) is 0.631. The van der Waals surface area contributed by atoms with Crippen molar-refractivity contribution < 1.29 is 27.8 Å². The van der Waals surface area contributed by atoms with Crippen LogP contribution in [0.5, 0.6) is 11.5 Å². The highest BCUT2D eigenvalue weighted by atomic mass is 19.2. The van der Waals surface area contributed by atoms with Crippen LogP contribution in [0.4, 0.5) is 8.78 Å². The molecule has 0 aromatic heterocycles. The van der Waals surface area contributed by atoms with Gasteiger partial charge in [-0.15, -0.1) is 0 Å². The Labute approximate surface area is 198 Å². The minimum Gasteiger partial charge on any atom is -0.493 e. The monoisotopic (exact) mass is 472 g/mol. The molecule has 1 saturated heterocycles. The number of amides is 2. The number of halogens is 2. The van der Waals surface area contributed by atoms with Gasteiger partial charge in [-0.25, -0.2) is 8.78 Å². The average Bonchev–Trinajstić information content (AvgIpc) is 3.31. The molecule has 2 aromatic carbocycles. The first-order chi connectivity index (χ1) is 16.3. The first-order valence-electron chi connectivity index (χ1n) is 11.7. The number of nitrogens with two attached hydrogens (primary N) is 1. The van der Waals surface area contributed by atoms with E-state index >= 15 is 0 Å². The maximum Gasteiger partial charge on any atom is 0.237 e. The van der Waals surface area contributed by atoms with E-state index in [9.17, 15) is 18.4 Å². The van der Waals surface area contributed by atoms with E-state index in [1.807, 2.05) is 18.2 Å². The highest BCUT2D eigenvalue weighted by Crippen LogP contribution is 2.38. The van der Waals surface area contributed by atoms with Crippen LogP contribution in [0.2, 0.25) is 0 Å². The molecule has 1 heterocycles. The van der Waals surface area contributed by atoms with Crippen molar-refractivity contribution in [3.63, 3.8) is 0 Å². The van der Waals surface area contributed by atoms with Gasteiger partial charge in [0.25, 0.3) is 0 Å². The molecule has 2 aromatic rings. The zero-order valence-corrected chi connectivity index (χ0v) is 19.3. The van der Waals surface area contributed by atoms with Crippen molar-refractivity contribution in [3.05, 3.63) is 59.2 Å². The van der Waals surface area contributed by atoms with Crippen LogP contribution in [-0.2, 0) is 16.0 Å². The van der Waals surface area contributed by atoms with Gasteiger partial charge in [0.2, 0.25) is 11.8 Å². The third-order valence-electron chi connectivity index (χ3n) is 6.74. The Morgan fingerprint density at radius 3 is 2.53 bits per heavy atom. The Balaban J connectivity index is 1.59.